The SMILES string of the molecule is CC\C=C/C=C\C=C/CCCCCCCCCC(=O)OC(COC(=O)CCCC/C=C\C/C=C\CC)COC(=O)CCCCCCCCCCCCCCCCCCC. The number of ether oxygens (including phenoxy) is 3. The highest BCUT2D eigenvalue weighted by Gasteiger charge is 2.19. The van der Waals surface area contributed by atoms with Crippen molar-refractivity contribution >= 4 is 17.9 Å². The molecule has 0 aromatic heterocycles. The van der Waals surface area contributed by atoms with Gasteiger partial charge in [-0.1, -0.05) is 216 Å². The molecule has 0 heterocycles. The van der Waals surface area contributed by atoms with E-state index in [0.717, 1.165) is 83.5 Å². The van der Waals surface area contributed by atoms with Gasteiger partial charge in [-0.15, -0.1) is 0 Å². The molecule has 6 nitrogen and oxygen atoms in total. The predicted molar refractivity (Wildman–Crippen MR) is 251 cm³/mol. The number of hydrogen-bond acceptors (Lipinski definition) is 6. The van der Waals surface area contributed by atoms with Gasteiger partial charge in [0.25, 0.3) is 0 Å². The van der Waals surface area contributed by atoms with Gasteiger partial charge in [0, 0.05) is 19.3 Å². The minimum atomic E-state index is -0.789. The first-order chi connectivity index (χ1) is 29.0. The van der Waals surface area contributed by atoms with E-state index in [9.17, 15) is 14.4 Å². The molecule has 0 aliphatic rings. The zero-order valence-electron chi connectivity index (χ0n) is 38.8. The Balaban J connectivity index is 4.33. The molecule has 1 unspecified atom stereocenters. The lowest BCUT2D eigenvalue weighted by molar-refractivity contribution is -0.167. The van der Waals surface area contributed by atoms with E-state index in [1.54, 1.807) is 0 Å². The van der Waals surface area contributed by atoms with Gasteiger partial charge in [0.15, 0.2) is 6.10 Å². The van der Waals surface area contributed by atoms with Crippen molar-refractivity contribution < 1.29 is 28.6 Å². The number of hydrogen-bond donors (Lipinski definition) is 0. The van der Waals surface area contributed by atoms with E-state index >= 15 is 0 Å². The fraction of sp³-hybridized carbons (Fsp3) is 0.755. The summed E-state index contributed by atoms with van der Waals surface area (Å²) in [5.41, 5.74) is 0. The van der Waals surface area contributed by atoms with Crippen LogP contribution in [-0.2, 0) is 28.6 Å². The van der Waals surface area contributed by atoms with E-state index in [1.807, 2.05) is 0 Å². The summed E-state index contributed by atoms with van der Waals surface area (Å²) in [6, 6.07) is 0. The molecule has 0 bridgehead atoms. The zero-order valence-corrected chi connectivity index (χ0v) is 38.8. The second-order valence-corrected chi connectivity index (χ2v) is 16.4. The van der Waals surface area contributed by atoms with Crippen molar-refractivity contribution in [3.8, 4) is 0 Å². The van der Waals surface area contributed by atoms with Gasteiger partial charge >= 0.3 is 17.9 Å². The van der Waals surface area contributed by atoms with Crippen molar-refractivity contribution in [3.63, 3.8) is 0 Å². The Bertz CT molecular complexity index is 1090. The molecule has 0 aromatic rings. The molecular formula is C53H92O6. The Morgan fingerprint density at radius 3 is 1.24 bits per heavy atom. The smallest absolute Gasteiger partial charge is 0.306 e. The maximum absolute atomic E-state index is 12.7. The second-order valence-electron chi connectivity index (χ2n) is 16.4. The summed E-state index contributed by atoms with van der Waals surface area (Å²) < 4.78 is 16.7. The van der Waals surface area contributed by atoms with E-state index in [1.165, 1.54) is 116 Å². The van der Waals surface area contributed by atoms with Crippen molar-refractivity contribution in [2.75, 3.05) is 13.2 Å². The van der Waals surface area contributed by atoms with Gasteiger partial charge in [-0.3, -0.25) is 14.4 Å². The maximum Gasteiger partial charge on any atom is 0.306 e. The van der Waals surface area contributed by atoms with Crippen LogP contribution in [0, 0.1) is 0 Å². The summed E-state index contributed by atoms with van der Waals surface area (Å²) in [6.45, 7) is 6.35. The third kappa shape index (κ3) is 46.0. The molecule has 0 amide bonds. The monoisotopic (exact) mass is 825 g/mol. The fourth-order valence-electron chi connectivity index (χ4n) is 6.89. The normalized spacial score (nSPS) is 12.5. The van der Waals surface area contributed by atoms with Gasteiger partial charge in [0.05, 0.1) is 0 Å². The van der Waals surface area contributed by atoms with Crippen molar-refractivity contribution in [2.24, 2.45) is 0 Å². The summed E-state index contributed by atoms with van der Waals surface area (Å²) in [6.07, 6.45) is 57.9. The summed E-state index contributed by atoms with van der Waals surface area (Å²) >= 11 is 0. The van der Waals surface area contributed by atoms with Gasteiger partial charge in [-0.25, -0.2) is 0 Å². The molecule has 340 valence electrons. The number of carbonyl (C=O) groups is 3. The Labute approximate surface area is 364 Å². The maximum atomic E-state index is 12.7. The van der Waals surface area contributed by atoms with Crippen molar-refractivity contribution in [1.82, 2.24) is 0 Å². The standard InChI is InChI=1S/C53H92O6/c1-4-7-10-13-16-19-21-23-25-26-28-29-31-34-37-40-43-46-52(55)58-49-50(48-57-51(54)45-42-39-36-33-18-15-12-9-6-3)59-53(56)47-44-41-38-35-32-30-27-24-22-20-17-14-11-8-5-2/h8-9,11-12,14,17-18,20,22,33,50H,4-7,10,13,15-16,19,21,23-32,34-49H2,1-3H3/b11-8-,12-9-,17-14-,22-20-,33-18-. The predicted octanol–water partition coefficient (Wildman–Crippen LogP) is 16.1. The molecule has 0 N–H and O–H groups in total. The first-order valence-corrected chi connectivity index (χ1v) is 24.8. The average Bonchev–Trinajstić information content (AvgIpc) is 3.23. The summed E-state index contributed by atoms with van der Waals surface area (Å²) in [7, 11) is 0. The quantitative estimate of drug-likeness (QED) is 0.0200. The molecule has 0 saturated carbocycles. The minimum absolute atomic E-state index is 0.0878. The minimum Gasteiger partial charge on any atom is -0.462 e. The lowest BCUT2D eigenvalue weighted by Gasteiger charge is -2.18. The molecule has 1 atom stereocenters. The van der Waals surface area contributed by atoms with E-state index in [-0.39, 0.29) is 31.1 Å². The van der Waals surface area contributed by atoms with E-state index in [0.29, 0.717) is 19.3 Å². The van der Waals surface area contributed by atoms with Crippen LogP contribution in [0.15, 0.2) is 60.8 Å². The lowest BCUT2D eigenvalue weighted by Crippen LogP contribution is -2.30. The fourth-order valence-corrected chi connectivity index (χ4v) is 6.89. The van der Waals surface area contributed by atoms with Gasteiger partial charge in [-0.05, 0) is 64.2 Å². The zero-order chi connectivity index (χ0) is 43.0. The number of esters is 3. The van der Waals surface area contributed by atoms with Crippen LogP contribution in [0.1, 0.15) is 239 Å². The van der Waals surface area contributed by atoms with Crippen LogP contribution in [0.25, 0.3) is 0 Å². The third-order valence-electron chi connectivity index (χ3n) is 10.6. The number of carbonyl (C=O) groups excluding carboxylic acids is 3. The molecule has 0 aliphatic carbocycles. The molecule has 0 spiro atoms. The van der Waals surface area contributed by atoms with Crippen LogP contribution in [0.3, 0.4) is 0 Å². The topological polar surface area (TPSA) is 78.9 Å². The van der Waals surface area contributed by atoms with Crippen molar-refractivity contribution in [1.29, 1.82) is 0 Å². The van der Waals surface area contributed by atoms with Gasteiger partial charge < -0.3 is 14.2 Å². The summed E-state index contributed by atoms with van der Waals surface area (Å²) in [5, 5.41) is 0. The summed E-state index contributed by atoms with van der Waals surface area (Å²) in [5.74, 6) is -0.936. The molecule has 0 aliphatic heterocycles. The van der Waals surface area contributed by atoms with Crippen molar-refractivity contribution in [2.45, 2.75) is 245 Å². The van der Waals surface area contributed by atoms with Crippen LogP contribution in [-0.4, -0.2) is 37.2 Å². The second kappa shape index (κ2) is 47.8. The van der Waals surface area contributed by atoms with E-state index in [4.69, 9.17) is 14.2 Å². The lowest BCUT2D eigenvalue weighted by atomic mass is 10.0. The molecule has 0 aromatic carbocycles. The largest absolute Gasteiger partial charge is 0.462 e. The average molecular weight is 825 g/mol. The molecule has 0 rings (SSSR count). The third-order valence-corrected chi connectivity index (χ3v) is 10.6. The Hall–Kier alpha value is -2.89. The van der Waals surface area contributed by atoms with Gasteiger partial charge in [0.1, 0.15) is 13.2 Å². The van der Waals surface area contributed by atoms with Crippen LogP contribution in [0.2, 0.25) is 0 Å². The molecule has 6 heteroatoms. The molecular weight excluding hydrogens is 733 g/mol. The van der Waals surface area contributed by atoms with Gasteiger partial charge in [0.2, 0.25) is 0 Å². The highest BCUT2D eigenvalue weighted by Crippen LogP contribution is 2.15. The number of allylic oxidation sites excluding steroid dienone is 10. The van der Waals surface area contributed by atoms with E-state index in [2.05, 4.69) is 81.5 Å². The summed E-state index contributed by atoms with van der Waals surface area (Å²) in [4.78, 5) is 37.8. The number of rotatable bonds is 44. The molecule has 0 radical (unpaired) electrons. The highest BCUT2D eigenvalue weighted by atomic mass is 16.6. The first-order valence-electron chi connectivity index (χ1n) is 24.8. The molecule has 59 heavy (non-hydrogen) atoms. The van der Waals surface area contributed by atoms with Crippen molar-refractivity contribution in [3.05, 3.63) is 60.8 Å². The molecule has 0 fully saturated rings. The van der Waals surface area contributed by atoms with Crippen LogP contribution in [0.4, 0.5) is 0 Å². The van der Waals surface area contributed by atoms with Gasteiger partial charge in [-0.2, -0.15) is 0 Å². The molecule has 0 saturated heterocycles. The van der Waals surface area contributed by atoms with Crippen LogP contribution < -0.4 is 0 Å². The van der Waals surface area contributed by atoms with E-state index < -0.39 is 6.10 Å². The Morgan fingerprint density at radius 1 is 0.373 bits per heavy atom. The Kier molecular flexibility index (Phi) is 45.4. The van der Waals surface area contributed by atoms with Crippen LogP contribution >= 0.6 is 0 Å². The highest BCUT2D eigenvalue weighted by molar-refractivity contribution is 5.71. The first kappa shape index (κ1) is 56.1. The van der Waals surface area contributed by atoms with Crippen LogP contribution in [0.5, 0.6) is 0 Å². The number of unbranched alkanes of at least 4 members (excludes halogenated alkanes) is 25. The Morgan fingerprint density at radius 2 is 0.746 bits per heavy atom.